The van der Waals surface area contributed by atoms with E-state index in [-0.39, 0.29) is 29.9 Å². The molecule has 60 heavy (non-hydrogen) atoms. The summed E-state index contributed by atoms with van der Waals surface area (Å²) in [6, 6.07) is 15.3. The standard InChI is InChI=1S/C44H51N9O7/c54-37-21-20-36(41(56)50-37)53-42(57)33-14-11-15-35(38(33)43(53)58)45-22-7-4-6-10-25-59-24-9-5-2-1-3-8-23-46-40(55)31-18-16-30(17-19-31)34-28-48-44(52-29-49-51-39(34)52)47-27-32-13-12-26-60-32/h11-19,26,28-29,36,45H,1-10,20-25,27H2,(H,46,55)(H,47,48)(H,50,54,56). The third-order valence-electron chi connectivity index (χ3n) is 10.8. The van der Waals surface area contributed by atoms with Crippen LogP contribution in [-0.2, 0) is 20.9 Å². The molecule has 4 N–H and O–H groups in total. The number of anilines is 2. The molecule has 0 aliphatic carbocycles. The number of carbonyl (C=O) groups excluding carboxylic acids is 5. The van der Waals surface area contributed by atoms with Gasteiger partial charge in [0.15, 0.2) is 5.65 Å². The van der Waals surface area contributed by atoms with Crippen LogP contribution in [0.25, 0.3) is 16.8 Å². The van der Waals surface area contributed by atoms with Gasteiger partial charge in [0.2, 0.25) is 17.8 Å². The second kappa shape index (κ2) is 20.5. The number of furan rings is 1. The number of unbranched alkanes of at least 4 members (excludes halogenated alkanes) is 8. The Kier molecular flexibility index (Phi) is 14.3. The zero-order chi connectivity index (χ0) is 41.7. The van der Waals surface area contributed by atoms with Crippen LogP contribution in [0, 0.1) is 0 Å². The number of imide groups is 2. The smallest absolute Gasteiger partial charge is 0.264 e. The first-order valence-electron chi connectivity index (χ1n) is 20.9. The van der Waals surface area contributed by atoms with Crippen molar-refractivity contribution in [3.8, 4) is 11.1 Å². The quantitative estimate of drug-likeness (QED) is 0.0433. The van der Waals surface area contributed by atoms with Crippen LogP contribution >= 0.6 is 0 Å². The normalized spacial score (nSPS) is 15.1. The summed E-state index contributed by atoms with van der Waals surface area (Å²) in [7, 11) is 0. The van der Waals surface area contributed by atoms with Crippen LogP contribution < -0.4 is 21.3 Å². The van der Waals surface area contributed by atoms with Crippen molar-refractivity contribution in [3.63, 3.8) is 0 Å². The molecule has 0 radical (unpaired) electrons. The number of benzene rings is 2. The molecule has 16 heteroatoms. The number of piperidine rings is 1. The Morgan fingerprint density at radius 3 is 2.32 bits per heavy atom. The summed E-state index contributed by atoms with van der Waals surface area (Å²) < 4.78 is 13.0. The summed E-state index contributed by atoms with van der Waals surface area (Å²) in [4.78, 5) is 68.5. The highest BCUT2D eigenvalue weighted by Gasteiger charge is 2.45. The Hall–Kier alpha value is -6.42. The van der Waals surface area contributed by atoms with E-state index in [1.807, 2.05) is 36.4 Å². The fourth-order valence-electron chi connectivity index (χ4n) is 7.54. The minimum absolute atomic E-state index is 0.0880. The maximum atomic E-state index is 13.2. The molecular formula is C44H51N9O7. The van der Waals surface area contributed by atoms with E-state index in [2.05, 4.69) is 36.4 Å². The molecule has 5 aromatic rings. The van der Waals surface area contributed by atoms with E-state index in [4.69, 9.17) is 9.15 Å². The van der Waals surface area contributed by atoms with E-state index >= 15 is 0 Å². The van der Waals surface area contributed by atoms with Gasteiger partial charge in [-0.15, -0.1) is 10.2 Å². The third-order valence-corrected chi connectivity index (χ3v) is 10.8. The predicted molar refractivity (Wildman–Crippen MR) is 223 cm³/mol. The first-order valence-corrected chi connectivity index (χ1v) is 20.9. The minimum atomic E-state index is -0.979. The van der Waals surface area contributed by atoms with Crippen LogP contribution in [0.4, 0.5) is 11.6 Å². The number of fused-ring (bicyclic) bond motifs is 2. The number of aromatic nitrogens is 4. The second-order valence-corrected chi connectivity index (χ2v) is 15.0. The van der Waals surface area contributed by atoms with Gasteiger partial charge in [0.05, 0.1) is 23.9 Å². The molecule has 0 bridgehead atoms. The van der Waals surface area contributed by atoms with Crippen molar-refractivity contribution >= 4 is 46.8 Å². The molecule has 7 rings (SSSR count). The lowest BCUT2D eigenvalue weighted by molar-refractivity contribution is -0.136. The summed E-state index contributed by atoms with van der Waals surface area (Å²) in [5, 5.41) is 20.2. The summed E-state index contributed by atoms with van der Waals surface area (Å²) in [5.41, 5.74) is 4.10. The maximum absolute atomic E-state index is 13.2. The fraction of sp³-hybridized carbons (Fsp3) is 0.409. The van der Waals surface area contributed by atoms with Crippen molar-refractivity contribution in [1.82, 2.24) is 35.1 Å². The monoisotopic (exact) mass is 817 g/mol. The first kappa shape index (κ1) is 41.7. The molecule has 1 saturated heterocycles. The van der Waals surface area contributed by atoms with E-state index in [0.717, 1.165) is 99.2 Å². The van der Waals surface area contributed by atoms with Gasteiger partial charge >= 0.3 is 0 Å². The molecule has 1 fully saturated rings. The largest absolute Gasteiger partial charge is 0.467 e. The van der Waals surface area contributed by atoms with E-state index in [1.54, 1.807) is 41.4 Å². The fourth-order valence-corrected chi connectivity index (χ4v) is 7.54. The Bertz CT molecular complexity index is 2270. The van der Waals surface area contributed by atoms with Gasteiger partial charge in [-0.3, -0.25) is 38.6 Å². The number of amides is 5. The minimum Gasteiger partial charge on any atom is -0.467 e. The number of rotatable bonds is 23. The number of nitrogens with zero attached hydrogens (tertiary/aromatic N) is 5. The Balaban J connectivity index is 0.690. The first-order chi connectivity index (χ1) is 29.4. The molecule has 2 aromatic carbocycles. The number of hydrogen-bond donors (Lipinski definition) is 4. The van der Waals surface area contributed by atoms with Crippen LogP contribution in [0.2, 0.25) is 0 Å². The average Bonchev–Trinajstić information content (AvgIpc) is 4.03. The van der Waals surface area contributed by atoms with Crippen molar-refractivity contribution in [1.29, 1.82) is 0 Å². The number of carbonyl (C=O) groups is 5. The van der Waals surface area contributed by atoms with Crippen LogP contribution in [0.15, 0.2) is 77.8 Å². The maximum Gasteiger partial charge on any atom is 0.264 e. The number of ether oxygens (including phenoxy) is 1. The molecule has 5 amide bonds. The van der Waals surface area contributed by atoms with Crippen molar-refractivity contribution in [2.24, 2.45) is 0 Å². The van der Waals surface area contributed by atoms with Crippen molar-refractivity contribution in [2.75, 3.05) is 36.9 Å². The Morgan fingerprint density at radius 2 is 1.57 bits per heavy atom. The highest BCUT2D eigenvalue weighted by atomic mass is 16.5. The molecule has 314 valence electrons. The topological polar surface area (TPSA) is 202 Å². The summed E-state index contributed by atoms with van der Waals surface area (Å²) in [6.07, 6.45) is 15.5. The highest BCUT2D eigenvalue weighted by Crippen LogP contribution is 2.32. The van der Waals surface area contributed by atoms with Gasteiger partial charge < -0.3 is 25.1 Å². The number of hydrogen-bond acceptors (Lipinski definition) is 12. The molecule has 16 nitrogen and oxygen atoms in total. The lowest BCUT2D eigenvalue weighted by Crippen LogP contribution is -2.54. The van der Waals surface area contributed by atoms with Gasteiger partial charge in [-0.25, -0.2) is 4.98 Å². The predicted octanol–water partition coefficient (Wildman–Crippen LogP) is 6.16. The van der Waals surface area contributed by atoms with Crippen molar-refractivity contribution in [2.45, 2.75) is 89.6 Å². The SMILES string of the molecule is O=C1CCC(N2C(=O)c3cccc(NCCCCCCOCCCCCCCCNC(=O)c4ccc(-c5cnc(NCc6ccco6)n6cnnc56)cc4)c3C2=O)C(=O)N1. The molecule has 0 saturated carbocycles. The molecular weight excluding hydrogens is 767 g/mol. The Morgan fingerprint density at radius 1 is 0.817 bits per heavy atom. The molecule has 5 heterocycles. The van der Waals surface area contributed by atoms with Crippen LogP contribution in [0.1, 0.15) is 114 Å². The lowest BCUT2D eigenvalue weighted by Gasteiger charge is -2.27. The second-order valence-electron chi connectivity index (χ2n) is 15.0. The van der Waals surface area contributed by atoms with Gasteiger partial charge in [0, 0.05) is 55.7 Å². The molecule has 0 spiro atoms. The van der Waals surface area contributed by atoms with Gasteiger partial charge in [0.25, 0.3) is 17.7 Å². The van der Waals surface area contributed by atoms with Gasteiger partial charge in [-0.2, -0.15) is 0 Å². The van der Waals surface area contributed by atoms with Gasteiger partial charge in [0.1, 0.15) is 18.1 Å². The zero-order valence-electron chi connectivity index (χ0n) is 33.6. The van der Waals surface area contributed by atoms with Gasteiger partial charge in [-0.05, 0) is 74.1 Å². The molecule has 2 aliphatic heterocycles. The third kappa shape index (κ3) is 10.2. The van der Waals surface area contributed by atoms with Gasteiger partial charge in [-0.1, -0.05) is 56.7 Å². The van der Waals surface area contributed by atoms with E-state index in [9.17, 15) is 24.0 Å². The van der Waals surface area contributed by atoms with Crippen molar-refractivity contribution < 1.29 is 33.1 Å². The van der Waals surface area contributed by atoms with Crippen LogP contribution in [0.5, 0.6) is 0 Å². The zero-order valence-corrected chi connectivity index (χ0v) is 33.6. The number of nitrogens with one attached hydrogen (secondary N) is 4. The van der Waals surface area contributed by atoms with Crippen molar-refractivity contribution in [3.05, 3.63) is 95.8 Å². The molecule has 3 aromatic heterocycles. The lowest BCUT2D eigenvalue weighted by atomic mass is 10.0. The summed E-state index contributed by atoms with van der Waals surface area (Å²) in [6.45, 7) is 3.25. The van der Waals surface area contributed by atoms with Crippen LogP contribution in [0.3, 0.4) is 0 Å². The average molecular weight is 818 g/mol. The molecule has 1 atom stereocenters. The Labute approximate surface area is 347 Å². The highest BCUT2D eigenvalue weighted by molar-refractivity contribution is 6.25. The van der Waals surface area contributed by atoms with E-state index in [0.29, 0.717) is 42.5 Å². The summed E-state index contributed by atoms with van der Waals surface area (Å²) in [5.74, 6) is -0.719. The van der Waals surface area contributed by atoms with Crippen LogP contribution in [-0.4, -0.2) is 86.4 Å². The molecule has 2 aliphatic rings. The van der Waals surface area contributed by atoms with E-state index in [1.165, 1.54) is 0 Å². The van der Waals surface area contributed by atoms with E-state index < -0.39 is 29.7 Å². The molecule has 1 unspecified atom stereocenters. The summed E-state index contributed by atoms with van der Waals surface area (Å²) >= 11 is 0.